The average Bonchev–Trinajstić information content (AvgIpc) is 3.24. The number of fused-ring (bicyclic) bond motifs is 1. The third-order valence-corrected chi connectivity index (χ3v) is 6.88. The molecule has 1 aliphatic heterocycles. The van der Waals surface area contributed by atoms with E-state index >= 15 is 0 Å². The van der Waals surface area contributed by atoms with Crippen molar-refractivity contribution in [3.8, 4) is 0 Å². The van der Waals surface area contributed by atoms with Crippen LogP contribution in [0.5, 0.6) is 0 Å². The van der Waals surface area contributed by atoms with Crippen LogP contribution in [0.4, 0.5) is 11.5 Å². The summed E-state index contributed by atoms with van der Waals surface area (Å²) in [5, 5.41) is 1.21. The third-order valence-electron chi connectivity index (χ3n) is 6.44. The Bertz CT molecular complexity index is 1050. The van der Waals surface area contributed by atoms with Gasteiger partial charge in [0.15, 0.2) is 0 Å². The molecule has 5 nitrogen and oxygen atoms in total. The van der Waals surface area contributed by atoms with Gasteiger partial charge in [0.2, 0.25) is 0 Å². The van der Waals surface area contributed by atoms with E-state index in [2.05, 4.69) is 76.3 Å². The molecule has 3 heterocycles. The lowest BCUT2D eigenvalue weighted by Crippen LogP contribution is -2.45. The largest absolute Gasteiger partial charge is 0.370 e. The molecule has 1 aliphatic rings. The van der Waals surface area contributed by atoms with E-state index in [-0.39, 0.29) is 0 Å². The van der Waals surface area contributed by atoms with Crippen molar-refractivity contribution in [2.45, 2.75) is 45.6 Å². The van der Waals surface area contributed by atoms with Crippen molar-refractivity contribution in [3.63, 3.8) is 0 Å². The van der Waals surface area contributed by atoms with Gasteiger partial charge in [0.25, 0.3) is 0 Å². The fourth-order valence-electron chi connectivity index (χ4n) is 4.82. The van der Waals surface area contributed by atoms with E-state index in [4.69, 9.17) is 4.98 Å². The molecule has 2 aromatic heterocycles. The zero-order valence-corrected chi connectivity index (χ0v) is 20.3. The molecule has 1 saturated heterocycles. The molecule has 0 atom stereocenters. The number of aromatic nitrogens is 2. The Balaban J connectivity index is 1.44. The summed E-state index contributed by atoms with van der Waals surface area (Å²) >= 11 is 1.61. The first kappa shape index (κ1) is 22.6. The molecule has 1 fully saturated rings. The summed E-state index contributed by atoms with van der Waals surface area (Å²) in [7, 11) is 0. The van der Waals surface area contributed by atoms with Crippen LogP contribution in [0.1, 0.15) is 44.4 Å². The van der Waals surface area contributed by atoms with E-state index in [0.717, 1.165) is 67.9 Å². The van der Waals surface area contributed by atoms with Gasteiger partial charge in [0.1, 0.15) is 5.82 Å². The molecule has 3 aromatic rings. The van der Waals surface area contributed by atoms with Crippen LogP contribution >= 0.6 is 11.9 Å². The minimum Gasteiger partial charge on any atom is -0.370 e. The fraction of sp³-hybridized carbons (Fsp3) is 0.423. The predicted molar refractivity (Wildman–Crippen MR) is 140 cm³/mol. The van der Waals surface area contributed by atoms with E-state index in [9.17, 15) is 0 Å². The molecule has 0 radical (unpaired) electrons. The zero-order valence-electron chi connectivity index (χ0n) is 19.5. The molecular weight excluding hydrogens is 414 g/mol. The number of aryl methyl sites for hydroxylation is 1. The van der Waals surface area contributed by atoms with Crippen LogP contribution in [-0.2, 0) is 6.42 Å². The number of likely N-dealkylation sites (tertiary alicyclic amines) is 1. The van der Waals surface area contributed by atoms with E-state index in [1.807, 2.05) is 12.5 Å². The number of piperidine rings is 1. The van der Waals surface area contributed by atoms with Crippen molar-refractivity contribution in [1.82, 2.24) is 14.9 Å². The number of benzene rings is 1. The second-order valence-electron chi connectivity index (χ2n) is 8.48. The normalized spacial score (nSPS) is 14.7. The molecule has 0 aliphatic carbocycles. The number of rotatable bonds is 9. The van der Waals surface area contributed by atoms with Crippen molar-refractivity contribution in [3.05, 3.63) is 60.4 Å². The third kappa shape index (κ3) is 4.75. The van der Waals surface area contributed by atoms with Gasteiger partial charge in [-0.15, -0.1) is 0 Å². The Hall–Kier alpha value is -2.60. The summed E-state index contributed by atoms with van der Waals surface area (Å²) in [6.45, 7) is 12.0. The molecule has 4 rings (SSSR count). The van der Waals surface area contributed by atoms with Gasteiger partial charge >= 0.3 is 0 Å². The summed E-state index contributed by atoms with van der Waals surface area (Å²) in [5.74, 6) is 1.18. The van der Waals surface area contributed by atoms with Crippen LogP contribution in [0, 0.1) is 0 Å². The topological polar surface area (TPSA) is 47.2 Å². The maximum atomic E-state index is 4.77. The first-order valence-electron chi connectivity index (χ1n) is 11.7. The molecule has 0 saturated carbocycles. The van der Waals surface area contributed by atoms with Gasteiger partial charge < -0.3 is 19.5 Å². The number of aromatic amines is 1. The van der Waals surface area contributed by atoms with E-state index in [0.29, 0.717) is 6.04 Å². The molecule has 0 spiro atoms. The number of hydrogen-bond acceptors (Lipinski definition) is 5. The summed E-state index contributed by atoms with van der Waals surface area (Å²) in [5.41, 5.74) is 5.85. The number of pyridine rings is 1. The lowest BCUT2D eigenvalue weighted by atomic mass is 10.0. The highest BCUT2D eigenvalue weighted by Gasteiger charge is 2.27. The molecule has 170 valence electrons. The molecule has 1 aromatic carbocycles. The summed E-state index contributed by atoms with van der Waals surface area (Å²) in [4.78, 5) is 13.3. The minimum atomic E-state index is 0.525. The van der Waals surface area contributed by atoms with Gasteiger partial charge in [-0.25, -0.2) is 4.98 Å². The molecule has 6 heteroatoms. The van der Waals surface area contributed by atoms with Gasteiger partial charge in [-0.1, -0.05) is 37.9 Å². The van der Waals surface area contributed by atoms with E-state index < -0.39 is 0 Å². The minimum absolute atomic E-state index is 0.525. The van der Waals surface area contributed by atoms with Gasteiger partial charge in [-0.2, -0.15) is 0 Å². The lowest BCUT2D eigenvalue weighted by Gasteiger charge is -2.40. The van der Waals surface area contributed by atoms with Crippen LogP contribution in [0.3, 0.4) is 0 Å². The highest BCUT2D eigenvalue weighted by Crippen LogP contribution is 2.30. The smallest absolute Gasteiger partial charge is 0.131 e. The maximum Gasteiger partial charge on any atom is 0.131 e. The molecular formula is C26H35N5S. The lowest BCUT2D eigenvalue weighted by molar-refractivity contribution is 0.290. The highest BCUT2D eigenvalue weighted by atomic mass is 32.2. The number of nitrogens with one attached hydrogen (secondary N) is 2. The second kappa shape index (κ2) is 10.3. The predicted octanol–water partition coefficient (Wildman–Crippen LogP) is 6.17. The Morgan fingerprint density at radius 2 is 2.06 bits per heavy atom. The summed E-state index contributed by atoms with van der Waals surface area (Å²) in [6, 6.07) is 13.5. The Labute approximate surface area is 196 Å². The van der Waals surface area contributed by atoms with Crippen molar-refractivity contribution in [2.75, 3.05) is 35.5 Å². The Morgan fingerprint density at radius 1 is 1.25 bits per heavy atom. The first-order chi connectivity index (χ1) is 15.6. The molecule has 0 amide bonds. The van der Waals surface area contributed by atoms with Crippen LogP contribution in [0.15, 0.2) is 49.2 Å². The van der Waals surface area contributed by atoms with Crippen LogP contribution in [0.2, 0.25) is 0 Å². The van der Waals surface area contributed by atoms with Crippen molar-refractivity contribution in [2.24, 2.45) is 0 Å². The standard InChI is InChI=1S/C26H35N5S/c1-5-8-20-9-7-14-27-26(20)31(6-2)23-12-15-30(16-13-23)19(3)25-18-21-17-22(29-32-4)10-11-24(21)28-25/h7,9-11,14,17-18,23,28-29H,3,5-6,8,12-13,15-16H2,1-2,4H3. The van der Waals surface area contributed by atoms with E-state index in [1.54, 1.807) is 11.9 Å². The van der Waals surface area contributed by atoms with Crippen molar-refractivity contribution >= 4 is 40.1 Å². The fourth-order valence-corrected chi connectivity index (χ4v) is 5.18. The van der Waals surface area contributed by atoms with E-state index in [1.165, 1.54) is 16.8 Å². The Kier molecular flexibility index (Phi) is 7.30. The highest BCUT2D eigenvalue weighted by molar-refractivity contribution is 7.99. The number of nitrogens with zero attached hydrogens (tertiary/aromatic N) is 3. The van der Waals surface area contributed by atoms with Crippen molar-refractivity contribution in [1.29, 1.82) is 0 Å². The van der Waals surface area contributed by atoms with Crippen LogP contribution < -0.4 is 9.62 Å². The monoisotopic (exact) mass is 449 g/mol. The second-order valence-corrected chi connectivity index (χ2v) is 9.09. The van der Waals surface area contributed by atoms with Crippen LogP contribution in [-0.4, -0.2) is 46.8 Å². The molecule has 0 unspecified atom stereocenters. The first-order valence-corrected chi connectivity index (χ1v) is 12.9. The molecule has 2 N–H and O–H groups in total. The molecule has 0 bridgehead atoms. The number of hydrogen-bond donors (Lipinski definition) is 2. The van der Waals surface area contributed by atoms with Gasteiger partial charge in [0.05, 0.1) is 11.4 Å². The summed E-state index contributed by atoms with van der Waals surface area (Å²) < 4.78 is 3.31. The average molecular weight is 450 g/mol. The number of anilines is 2. The Morgan fingerprint density at radius 3 is 2.78 bits per heavy atom. The summed E-state index contributed by atoms with van der Waals surface area (Å²) in [6.07, 6.45) is 8.45. The quantitative estimate of drug-likeness (QED) is 0.383. The maximum absolute atomic E-state index is 4.77. The van der Waals surface area contributed by atoms with Gasteiger partial charge in [0, 0.05) is 54.7 Å². The zero-order chi connectivity index (χ0) is 22.5. The SMILES string of the molecule is C=C(c1cc2cc(NSC)ccc2[nH]1)N1CCC(N(CC)c2ncccc2CCC)CC1. The molecule has 32 heavy (non-hydrogen) atoms. The van der Waals surface area contributed by atoms with Crippen molar-refractivity contribution < 1.29 is 0 Å². The van der Waals surface area contributed by atoms with Gasteiger partial charge in [-0.3, -0.25) is 0 Å². The van der Waals surface area contributed by atoms with Gasteiger partial charge in [-0.05, 0) is 62.1 Å². The van der Waals surface area contributed by atoms with Crippen LogP contribution in [0.25, 0.3) is 16.6 Å². The number of H-pyrrole nitrogens is 1.